The largest absolute Gasteiger partial charge is 0.352 e. The number of carbonyl (C=O) groups excluding carboxylic acids is 2. The Kier molecular flexibility index (Phi) is 6.06. The molecule has 0 saturated heterocycles. The molecule has 0 aliphatic heterocycles. The lowest BCUT2D eigenvalue weighted by Gasteiger charge is -2.07. The molecular weight excluding hydrogens is 340 g/mol. The van der Waals surface area contributed by atoms with Crippen molar-refractivity contribution in [3.8, 4) is 0 Å². The molecule has 0 aliphatic rings. The van der Waals surface area contributed by atoms with E-state index in [2.05, 4.69) is 5.32 Å². The van der Waals surface area contributed by atoms with Gasteiger partial charge in [-0.3, -0.25) is 9.59 Å². The highest BCUT2D eigenvalue weighted by Crippen LogP contribution is 2.08. The lowest BCUT2D eigenvalue weighted by Crippen LogP contribution is -2.25. The zero-order chi connectivity index (χ0) is 18.4. The molecule has 0 aromatic heterocycles. The van der Waals surface area contributed by atoms with E-state index in [1.165, 1.54) is 6.92 Å². The van der Waals surface area contributed by atoms with Gasteiger partial charge in [-0.2, -0.15) is 0 Å². The molecule has 0 atom stereocenters. The third-order valence-electron chi connectivity index (χ3n) is 3.64. The number of sulfonamides is 1. The summed E-state index contributed by atoms with van der Waals surface area (Å²) in [7, 11) is -3.59. The highest BCUT2D eigenvalue weighted by Gasteiger charge is 2.08. The monoisotopic (exact) mass is 360 g/mol. The highest BCUT2D eigenvalue weighted by molar-refractivity contribution is 7.88. The van der Waals surface area contributed by atoms with Gasteiger partial charge < -0.3 is 5.32 Å². The summed E-state index contributed by atoms with van der Waals surface area (Å²) in [5.74, 6) is -0.473. The fraction of sp³-hybridized carbons (Fsp3) is 0.222. The van der Waals surface area contributed by atoms with Gasteiger partial charge in [-0.25, -0.2) is 13.6 Å². The predicted octanol–water partition coefficient (Wildman–Crippen LogP) is 1.65. The first-order valence-corrected chi connectivity index (χ1v) is 9.43. The first kappa shape index (κ1) is 18.8. The molecule has 0 fully saturated rings. The summed E-state index contributed by atoms with van der Waals surface area (Å²) in [4.78, 5) is 23.3. The summed E-state index contributed by atoms with van der Waals surface area (Å²) in [5.41, 5.74) is 2.66. The molecule has 7 heteroatoms. The van der Waals surface area contributed by atoms with Gasteiger partial charge in [0, 0.05) is 17.7 Å². The first-order valence-electron chi connectivity index (χ1n) is 7.72. The molecule has 2 rings (SSSR count). The van der Waals surface area contributed by atoms with Crippen LogP contribution < -0.4 is 10.5 Å². The third-order valence-corrected chi connectivity index (χ3v) is 4.38. The molecule has 6 nitrogen and oxygen atoms in total. The van der Waals surface area contributed by atoms with Crippen LogP contribution >= 0.6 is 0 Å². The van der Waals surface area contributed by atoms with Crippen LogP contribution in [0.2, 0.25) is 0 Å². The van der Waals surface area contributed by atoms with Crippen molar-refractivity contribution in [2.75, 3.05) is 6.54 Å². The number of rotatable bonds is 7. The molecule has 25 heavy (non-hydrogen) atoms. The molecule has 2 aromatic carbocycles. The Morgan fingerprint density at radius 2 is 1.44 bits per heavy atom. The maximum Gasteiger partial charge on any atom is 0.251 e. The van der Waals surface area contributed by atoms with Crippen molar-refractivity contribution in [1.82, 2.24) is 5.32 Å². The molecule has 0 unspecified atom stereocenters. The highest BCUT2D eigenvalue weighted by atomic mass is 32.2. The van der Waals surface area contributed by atoms with E-state index in [1.807, 2.05) is 12.1 Å². The number of nitrogens with two attached hydrogens (primary N) is 1. The Balaban J connectivity index is 1.86. The van der Waals surface area contributed by atoms with E-state index in [0.717, 1.165) is 5.56 Å². The molecule has 0 spiro atoms. The smallest absolute Gasteiger partial charge is 0.251 e. The lowest BCUT2D eigenvalue weighted by molar-refractivity contribution is 0.0953. The lowest BCUT2D eigenvalue weighted by atomic mass is 10.1. The number of hydrogen-bond donors (Lipinski definition) is 2. The molecule has 0 radical (unpaired) electrons. The van der Waals surface area contributed by atoms with Crippen molar-refractivity contribution >= 4 is 21.7 Å². The van der Waals surface area contributed by atoms with Gasteiger partial charge in [0.1, 0.15) is 0 Å². The van der Waals surface area contributed by atoms with E-state index in [9.17, 15) is 18.0 Å². The second-order valence-corrected chi connectivity index (χ2v) is 7.38. The minimum atomic E-state index is -3.59. The summed E-state index contributed by atoms with van der Waals surface area (Å²) in [6, 6.07) is 13.5. The molecule has 0 heterocycles. The van der Waals surface area contributed by atoms with E-state index in [0.29, 0.717) is 29.7 Å². The molecule has 1 amide bonds. The minimum Gasteiger partial charge on any atom is -0.352 e. The third kappa shape index (κ3) is 6.13. The average molecular weight is 360 g/mol. The fourth-order valence-electron chi connectivity index (χ4n) is 2.31. The van der Waals surface area contributed by atoms with Gasteiger partial charge in [-0.05, 0) is 36.6 Å². The van der Waals surface area contributed by atoms with Crippen molar-refractivity contribution in [2.24, 2.45) is 5.14 Å². The van der Waals surface area contributed by atoms with Gasteiger partial charge in [0.25, 0.3) is 5.91 Å². The minimum absolute atomic E-state index is 0.0192. The molecular formula is C18H20N2O4S. The van der Waals surface area contributed by atoms with Gasteiger partial charge >= 0.3 is 0 Å². The van der Waals surface area contributed by atoms with Crippen LogP contribution in [0.25, 0.3) is 0 Å². The van der Waals surface area contributed by atoms with Crippen molar-refractivity contribution in [3.05, 3.63) is 70.8 Å². The fourth-order valence-corrected chi connectivity index (χ4v) is 2.97. The standard InChI is InChI=1S/C18H20N2O4S/c1-13(21)16-6-2-14(3-7-16)10-11-20-18(22)17-8-4-15(5-9-17)12-25(19,23)24/h2-9H,10-12H2,1H3,(H,20,22)(H2,19,23,24). The van der Waals surface area contributed by atoms with Crippen molar-refractivity contribution in [2.45, 2.75) is 19.1 Å². The SMILES string of the molecule is CC(=O)c1ccc(CCNC(=O)c2ccc(CS(N)(=O)=O)cc2)cc1. The Bertz CT molecular complexity index is 857. The van der Waals surface area contributed by atoms with Gasteiger partial charge in [0.15, 0.2) is 5.78 Å². The van der Waals surface area contributed by atoms with Gasteiger partial charge in [-0.1, -0.05) is 36.4 Å². The van der Waals surface area contributed by atoms with Crippen LogP contribution in [0, 0.1) is 0 Å². The number of Topliss-reactive ketones (excluding diaryl/α,β-unsaturated/α-hetero) is 1. The topological polar surface area (TPSA) is 106 Å². The van der Waals surface area contributed by atoms with E-state index in [1.54, 1.807) is 36.4 Å². The summed E-state index contributed by atoms with van der Waals surface area (Å²) < 4.78 is 22.1. The van der Waals surface area contributed by atoms with Gasteiger partial charge in [0.05, 0.1) is 5.75 Å². The van der Waals surface area contributed by atoms with Crippen LogP contribution in [-0.2, 0) is 22.2 Å². The molecule has 2 aromatic rings. The predicted molar refractivity (Wildman–Crippen MR) is 95.7 cm³/mol. The molecule has 3 N–H and O–H groups in total. The van der Waals surface area contributed by atoms with Gasteiger partial charge in [-0.15, -0.1) is 0 Å². The molecule has 0 aliphatic carbocycles. The number of ketones is 1. The van der Waals surface area contributed by atoms with Crippen LogP contribution in [-0.4, -0.2) is 26.7 Å². The summed E-state index contributed by atoms with van der Waals surface area (Å²) in [6.45, 7) is 1.97. The van der Waals surface area contributed by atoms with E-state index >= 15 is 0 Å². The number of benzene rings is 2. The van der Waals surface area contributed by atoms with Crippen molar-refractivity contribution in [3.63, 3.8) is 0 Å². The number of hydrogen-bond acceptors (Lipinski definition) is 4. The number of nitrogens with one attached hydrogen (secondary N) is 1. The Labute approximate surface area is 147 Å². The zero-order valence-corrected chi connectivity index (χ0v) is 14.7. The maximum absolute atomic E-state index is 12.1. The molecule has 0 bridgehead atoms. The number of carbonyl (C=O) groups is 2. The zero-order valence-electron chi connectivity index (χ0n) is 13.9. The van der Waals surface area contributed by atoms with Crippen LogP contribution in [0.1, 0.15) is 38.8 Å². The second-order valence-electron chi connectivity index (χ2n) is 5.76. The van der Waals surface area contributed by atoms with Crippen molar-refractivity contribution in [1.29, 1.82) is 0 Å². The van der Waals surface area contributed by atoms with Crippen LogP contribution in [0.15, 0.2) is 48.5 Å². The summed E-state index contributed by atoms with van der Waals surface area (Å²) in [6.07, 6.45) is 0.646. The number of primary sulfonamides is 1. The van der Waals surface area contributed by atoms with Crippen LogP contribution in [0.5, 0.6) is 0 Å². The Hall–Kier alpha value is -2.51. The summed E-state index contributed by atoms with van der Waals surface area (Å²) in [5, 5.41) is 7.79. The van der Waals surface area contributed by atoms with E-state index in [-0.39, 0.29) is 17.4 Å². The summed E-state index contributed by atoms with van der Waals surface area (Å²) >= 11 is 0. The average Bonchev–Trinajstić information content (AvgIpc) is 2.54. The maximum atomic E-state index is 12.1. The van der Waals surface area contributed by atoms with E-state index in [4.69, 9.17) is 5.14 Å². The normalized spacial score (nSPS) is 11.1. The Morgan fingerprint density at radius 1 is 0.920 bits per heavy atom. The molecule has 132 valence electrons. The van der Waals surface area contributed by atoms with Crippen molar-refractivity contribution < 1.29 is 18.0 Å². The molecule has 0 saturated carbocycles. The Morgan fingerprint density at radius 3 is 1.96 bits per heavy atom. The van der Waals surface area contributed by atoms with Gasteiger partial charge in [0.2, 0.25) is 10.0 Å². The number of amides is 1. The second kappa shape index (κ2) is 8.04. The first-order chi connectivity index (χ1) is 11.7. The van der Waals surface area contributed by atoms with E-state index < -0.39 is 10.0 Å². The quantitative estimate of drug-likeness (QED) is 0.732. The van der Waals surface area contributed by atoms with Crippen LogP contribution in [0.4, 0.5) is 0 Å². The van der Waals surface area contributed by atoms with Crippen LogP contribution in [0.3, 0.4) is 0 Å².